The van der Waals surface area contributed by atoms with Crippen molar-refractivity contribution in [1.29, 1.82) is 5.26 Å². The molecule has 0 unspecified atom stereocenters. The molecule has 1 aliphatic heterocycles. The summed E-state index contributed by atoms with van der Waals surface area (Å²) < 4.78 is 11.3. The minimum absolute atomic E-state index is 0.00162. The Kier molecular flexibility index (Phi) is 5.58. The second-order valence-corrected chi connectivity index (χ2v) is 9.24. The van der Waals surface area contributed by atoms with E-state index in [2.05, 4.69) is 22.3 Å². The number of aliphatic hydroxyl groups is 1. The van der Waals surface area contributed by atoms with E-state index in [0.29, 0.717) is 42.2 Å². The molecule has 0 saturated carbocycles. The average Bonchev–Trinajstić information content (AvgIpc) is 3.52. The van der Waals surface area contributed by atoms with Crippen LogP contribution >= 0.6 is 0 Å². The fourth-order valence-electron chi connectivity index (χ4n) is 5.23. The summed E-state index contributed by atoms with van der Waals surface area (Å²) >= 11 is 0. The first kappa shape index (κ1) is 22.1. The number of hydrogen-bond donors (Lipinski definition) is 1. The lowest BCUT2D eigenvalue weighted by Gasteiger charge is -2.24. The highest BCUT2D eigenvalue weighted by molar-refractivity contribution is 5.82. The van der Waals surface area contributed by atoms with Crippen LogP contribution in [-0.4, -0.2) is 51.9 Å². The predicted octanol–water partition coefficient (Wildman–Crippen LogP) is 3.47. The van der Waals surface area contributed by atoms with Crippen molar-refractivity contribution in [2.75, 3.05) is 19.7 Å². The number of nitrogens with zero attached hydrogens (tertiary/aromatic N) is 4. The van der Waals surface area contributed by atoms with Crippen molar-refractivity contribution >= 4 is 5.91 Å². The average molecular weight is 459 g/mol. The van der Waals surface area contributed by atoms with Crippen LogP contribution in [0.15, 0.2) is 40.9 Å². The number of likely N-dealkylation sites (tertiary alicyclic amines) is 1. The van der Waals surface area contributed by atoms with Crippen LogP contribution in [0.1, 0.15) is 43.4 Å². The number of carbonyl (C=O) groups excluding carboxylic acids is 1. The van der Waals surface area contributed by atoms with Gasteiger partial charge in [-0.05, 0) is 56.0 Å². The lowest BCUT2D eigenvalue weighted by molar-refractivity contribution is -0.128. The van der Waals surface area contributed by atoms with E-state index < -0.39 is 0 Å². The molecule has 1 aliphatic carbocycles. The first-order chi connectivity index (χ1) is 16.4. The largest absolute Gasteiger partial charge is 0.491 e. The molecule has 2 aliphatic rings. The van der Waals surface area contributed by atoms with Crippen LogP contribution in [0.2, 0.25) is 0 Å². The molecule has 34 heavy (non-hydrogen) atoms. The fraction of sp³-hybridized carbons (Fsp3) is 0.385. The van der Waals surface area contributed by atoms with Crippen LogP contribution in [-0.2, 0) is 16.6 Å². The summed E-state index contributed by atoms with van der Waals surface area (Å²) in [6.07, 6.45) is 2.15. The molecule has 1 amide bonds. The SMILES string of the molecule is CC(C)Oc1ccc(-c2nc(-c3cccc4c3CC[C@]43CC(=O)N(CCO)C3)no2)c(C#N)c1. The molecule has 0 radical (unpaired) electrons. The minimum atomic E-state index is -0.232. The van der Waals surface area contributed by atoms with Crippen molar-refractivity contribution in [3.8, 4) is 34.7 Å². The first-order valence-electron chi connectivity index (χ1n) is 11.5. The lowest BCUT2D eigenvalue weighted by Crippen LogP contribution is -2.32. The van der Waals surface area contributed by atoms with E-state index in [1.807, 2.05) is 26.0 Å². The van der Waals surface area contributed by atoms with Gasteiger partial charge < -0.3 is 19.3 Å². The normalized spacial score (nSPS) is 19.1. The van der Waals surface area contributed by atoms with Gasteiger partial charge in [0.15, 0.2) is 0 Å². The zero-order valence-corrected chi connectivity index (χ0v) is 19.2. The van der Waals surface area contributed by atoms with Crippen molar-refractivity contribution in [2.45, 2.75) is 44.6 Å². The number of β-amino-alcohol motifs (C(OH)–C–C–N with tert-alkyl or cyclic N) is 1. The molecule has 3 aromatic rings. The molecular weight excluding hydrogens is 432 g/mol. The van der Waals surface area contributed by atoms with Gasteiger partial charge in [0, 0.05) is 30.5 Å². The zero-order chi connectivity index (χ0) is 23.9. The van der Waals surface area contributed by atoms with E-state index in [9.17, 15) is 15.2 Å². The van der Waals surface area contributed by atoms with Gasteiger partial charge in [-0.2, -0.15) is 10.2 Å². The molecule has 1 N–H and O–H groups in total. The molecule has 174 valence electrons. The molecule has 8 heteroatoms. The van der Waals surface area contributed by atoms with Crippen molar-refractivity contribution < 1.29 is 19.2 Å². The number of fused-ring (bicyclic) bond motifs is 2. The molecule has 1 atom stereocenters. The molecule has 5 rings (SSSR count). The van der Waals surface area contributed by atoms with Crippen LogP contribution in [0.4, 0.5) is 0 Å². The van der Waals surface area contributed by atoms with Gasteiger partial charge in [0.25, 0.3) is 5.89 Å². The molecule has 8 nitrogen and oxygen atoms in total. The second kappa shape index (κ2) is 8.58. The molecule has 2 heterocycles. The Hall–Kier alpha value is -3.70. The van der Waals surface area contributed by atoms with Gasteiger partial charge >= 0.3 is 0 Å². The highest BCUT2D eigenvalue weighted by atomic mass is 16.5. The molecule has 0 bridgehead atoms. The van der Waals surface area contributed by atoms with Crippen LogP contribution in [0.25, 0.3) is 22.8 Å². The van der Waals surface area contributed by atoms with Crippen molar-refractivity contribution in [2.24, 2.45) is 0 Å². The molecule has 1 fully saturated rings. The summed E-state index contributed by atoms with van der Waals surface area (Å²) in [6, 6.07) is 13.4. The van der Waals surface area contributed by atoms with Gasteiger partial charge in [0.1, 0.15) is 11.8 Å². The Labute approximate surface area is 197 Å². The number of nitriles is 1. The number of aliphatic hydroxyl groups excluding tert-OH is 1. The second-order valence-electron chi connectivity index (χ2n) is 9.24. The van der Waals surface area contributed by atoms with Crippen molar-refractivity contribution in [1.82, 2.24) is 15.0 Å². The van der Waals surface area contributed by atoms with E-state index in [1.165, 1.54) is 0 Å². The topological polar surface area (TPSA) is 112 Å². The quantitative estimate of drug-likeness (QED) is 0.602. The van der Waals surface area contributed by atoms with Crippen LogP contribution in [0.3, 0.4) is 0 Å². The summed E-state index contributed by atoms with van der Waals surface area (Å²) in [5, 5.41) is 23.2. The number of rotatable bonds is 6. The van der Waals surface area contributed by atoms with E-state index in [1.54, 1.807) is 23.1 Å². The van der Waals surface area contributed by atoms with Crippen molar-refractivity contribution in [3.63, 3.8) is 0 Å². The molecule has 1 aromatic heterocycles. The van der Waals surface area contributed by atoms with Crippen LogP contribution < -0.4 is 4.74 Å². The van der Waals surface area contributed by atoms with E-state index in [4.69, 9.17) is 9.26 Å². The van der Waals surface area contributed by atoms with Gasteiger partial charge in [-0.3, -0.25) is 4.79 Å². The molecule has 1 spiro atoms. The highest BCUT2D eigenvalue weighted by Crippen LogP contribution is 2.48. The zero-order valence-electron chi connectivity index (χ0n) is 19.2. The number of hydrogen-bond acceptors (Lipinski definition) is 7. The predicted molar refractivity (Wildman–Crippen MR) is 124 cm³/mol. The van der Waals surface area contributed by atoms with Gasteiger partial charge in [-0.25, -0.2) is 0 Å². The summed E-state index contributed by atoms with van der Waals surface area (Å²) in [5.41, 5.74) is 3.90. The van der Waals surface area contributed by atoms with Crippen molar-refractivity contribution in [3.05, 3.63) is 53.1 Å². The molecule has 1 saturated heterocycles. The standard InChI is InChI=1S/C26H26N4O4/c1-16(2)33-18-6-7-19(17(12-18)14-27)25-28-24(29-34-25)21-4-3-5-22-20(21)8-9-26(22)13-23(32)30(15-26)10-11-31/h3-7,12,16,31H,8-11,13,15H2,1-2H3/t26-/m1/s1. The number of carbonyl (C=O) groups is 1. The Bertz CT molecular complexity index is 1290. The summed E-state index contributed by atoms with van der Waals surface area (Å²) in [4.78, 5) is 18.9. The van der Waals surface area contributed by atoms with E-state index in [0.717, 1.165) is 29.5 Å². The van der Waals surface area contributed by atoms with Gasteiger partial charge in [-0.1, -0.05) is 23.4 Å². The molecule has 2 aromatic carbocycles. The maximum Gasteiger partial charge on any atom is 0.259 e. The van der Waals surface area contributed by atoms with Gasteiger partial charge in [0.05, 0.1) is 23.8 Å². The maximum absolute atomic E-state index is 12.5. The van der Waals surface area contributed by atoms with Crippen LogP contribution in [0, 0.1) is 11.3 Å². The third kappa shape index (κ3) is 3.72. The monoisotopic (exact) mass is 458 g/mol. The lowest BCUT2D eigenvalue weighted by atomic mass is 9.80. The number of amides is 1. The molecular formula is C26H26N4O4. The van der Waals surface area contributed by atoms with Gasteiger partial charge in [0.2, 0.25) is 11.7 Å². The third-order valence-electron chi connectivity index (χ3n) is 6.69. The Morgan fingerprint density at radius 2 is 2.15 bits per heavy atom. The first-order valence-corrected chi connectivity index (χ1v) is 11.5. The van der Waals surface area contributed by atoms with E-state index in [-0.39, 0.29) is 29.9 Å². The van der Waals surface area contributed by atoms with E-state index >= 15 is 0 Å². The maximum atomic E-state index is 12.5. The highest BCUT2D eigenvalue weighted by Gasteiger charge is 2.48. The van der Waals surface area contributed by atoms with Crippen LogP contribution in [0.5, 0.6) is 5.75 Å². The number of ether oxygens (including phenoxy) is 1. The summed E-state index contributed by atoms with van der Waals surface area (Å²) in [6.45, 7) is 4.81. The Morgan fingerprint density at radius 3 is 2.91 bits per heavy atom. The Balaban J connectivity index is 1.48. The summed E-state index contributed by atoms with van der Waals surface area (Å²) in [7, 11) is 0. The minimum Gasteiger partial charge on any atom is -0.491 e. The van der Waals surface area contributed by atoms with Gasteiger partial charge in [-0.15, -0.1) is 0 Å². The summed E-state index contributed by atoms with van der Waals surface area (Å²) in [5.74, 6) is 1.44. The Morgan fingerprint density at radius 1 is 1.29 bits per heavy atom. The number of aromatic nitrogens is 2. The number of benzene rings is 2. The fourth-order valence-corrected chi connectivity index (χ4v) is 5.23. The smallest absolute Gasteiger partial charge is 0.259 e. The third-order valence-corrected chi connectivity index (χ3v) is 6.69.